The van der Waals surface area contributed by atoms with Gasteiger partial charge in [-0.15, -0.1) is 11.8 Å². The second kappa shape index (κ2) is 8.34. The Balaban J connectivity index is 1.75. The molecule has 0 heterocycles. The number of amides is 1. The number of benzene rings is 2. The highest BCUT2D eigenvalue weighted by Crippen LogP contribution is 2.17. The van der Waals surface area contributed by atoms with E-state index in [0.717, 1.165) is 15.8 Å². The minimum Gasteiger partial charge on any atom is -0.349 e. The van der Waals surface area contributed by atoms with Crippen molar-refractivity contribution in [3.63, 3.8) is 0 Å². The molecule has 1 amide bonds. The van der Waals surface area contributed by atoms with Crippen molar-refractivity contribution in [1.82, 2.24) is 5.32 Å². The number of carbonyl (C=O) groups is 1. The predicted octanol–water partition coefficient (Wildman–Crippen LogP) is 4.70. The lowest BCUT2D eigenvalue weighted by Gasteiger charge is -2.14. The normalized spacial score (nSPS) is 12.0. The van der Waals surface area contributed by atoms with Crippen LogP contribution in [0.3, 0.4) is 0 Å². The summed E-state index contributed by atoms with van der Waals surface area (Å²) < 4.78 is 13.9. The van der Waals surface area contributed by atoms with Crippen LogP contribution in [-0.4, -0.2) is 11.7 Å². The molecule has 1 atom stereocenters. The van der Waals surface area contributed by atoms with Gasteiger partial charge in [-0.25, -0.2) is 4.39 Å². The molecule has 0 aromatic heterocycles. The average Bonchev–Trinajstić information content (AvgIpc) is 2.50. The number of nitrogens with one attached hydrogen (secondary N) is 1. The van der Waals surface area contributed by atoms with E-state index in [-0.39, 0.29) is 17.8 Å². The van der Waals surface area contributed by atoms with E-state index in [0.29, 0.717) is 5.75 Å². The molecule has 2 aromatic carbocycles. The predicted molar refractivity (Wildman–Crippen MR) is 93.3 cm³/mol. The maximum absolute atomic E-state index is 12.9. The fourth-order valence-corrected chi connectivity index (χ4v) is 3.02. The summed E-state index contributed by atoms with van der Waals surface area (Å²) in [5, 5.41) is 2.92. The summed E-state index contributed by atoms with van der Waals surface area (Å²) in [6, 6.07) is 14.1. The molecule has 0 saturated heterocycles. The molecule has 0 aliphatic heterocycles. The Bertz CT molecular complexity index is 616. The summed E-state index contributed by atoms with van der Waals surface area (Å²) in [7, 11) is 0. The Hall–Kier alpha value is -1.33. The number of hydrogen-bond donors (Lipinski definition) is 1. The van der Waals surface area contributed by atoms with Crippen molar-refractivity contribution in [2.24, 2.45) is 0 Å². The van der Waals surface area contributed by atoms with Crippen LogP contribution >= 0.6 is 27.7 Å². The molecule has 1 N–H and O–H groups in total. The maximum atomic E-state index is 12.9. The van der Waals surface area contributed by atoms with E-state index < -0.39 is 0 Å². The van der Waals surface area contributed by atoms with Gasteiger partial charge in [0.1, 0.15) is 5.82 Å². The molecule has 116 valence electrons. The van der Waals surface area contributed by atoms with Crippen molar-refractivity contribution in [1.29, 1.82) is 0 Å². The molecule has 5 heteroatoms. The van der Waals surface area contributed by atoms with Crippen LogP contribution in [0.5, 0.6) is 0 Å². The van der Waals surface area contributed by atoms with E-state index in [1.165, 1.54) is 17.7 Å². The van der Waals surface area contributed by atoms with E-state index in [9.17, 15) is 9.18 Å². The lowest BCUT2D eigenvalue weighted by molar-refractivity contribution is -0.119. The van der Waals surface area contributed by atoms with Gasteiger partial charge in [0.05, 0.1) is 11.8 Å². The molecule has 0 aliphatic carbocycles. The van der Waals surface area contributed by atoms with E-state index >= 15 is 0 Å². The van der Waals surface area contributed by atoms with Crippen LogP contribution in [0, 0.1) is 5.82 Å². The van der Waals surface area contributed by atoms with E-state index in [4.69, 9.17) is 0 Å². The standard InChI is InChI=1S/C17H17BrFNOS/c1-12(14-4-8-16(19)9-5-14)20-17(21)11-22-10-13-2-6-15(18)7-3-13/h2-9,12H,10-11H2,1H3,(H,20,21)/t12-/m1/s1. The molecule has 0 bridgehead atoms. The molecule has 0 fully saturated rings. The Labute approximate surface area is 142 Å². The first-order chi connectivity index (χ1) is 10.5. The third-order valence-electron chi connectivity index (χ3n) is 3.16. The van der Waals surface area contributed by atoms with Crippen molar-refractivity contribution < 1.29 is 9.18 Å². The molecule has 0 saturated carbocycles. The van der Waals surface area contributed by atoms with Crippen molar-refractivity contribution in [2.45, 2.75) is 18.7 Å². The Morgan fingerprint density at radius 3 is 2.45 bits per heavy atom. The number of hydrogen-bond acceptors (Lipinski definition) is 2. The largest absolute Gasteiger partial charge is 0.349 e. The molecule has 0 spiro atoms. The lowest BCUT2D eigenvalue weighted by Crippen LogP contribution is -2.28. The molecule has 0 aliphatic rings. The van der Waals surface area contributed by atoms with Gasteiger partial charge in [0.2, 0.25) is 5.91 Å². The topological polar surface area (TPSA) is 29.1 Å². The first-order valence-electron chi connectivity index (χ1n) is 6.91. The summed E-state index contributed by atoms with van der Waals surface area (Å²) in [6.07, 6.45) is 0. The van der Waals surface area contributed by atoms with Gasteiger partial charge in [0.25, 0.3) is 0 Å². The zero-order valence-corrected chi connectivity index (χ0v) is 14.6. The van der Waals surface area contributed by atoms with Gasteiger partial charge in [-0.1, -0.05) is 40.2 Å². The van der Waals surface area contributed by atoms with Crippen molar-refractivity contribution in [3.8, 4) is 0 Å². The third-order valence-corrected chi connectivity index (χ3v) is 4.70. The number of thioether (sulfide) groups is 1. The van der Waals surface area contributed by atoms with E-state index in [1.54, 1.807) is 23.9 Å². The SMILES string of the molecule is C[C@@H](NC(=O)CSCc1ccc(Br)cc1)c1ccc(F)cc1. The van der Waals surface area contributed by atoms with Gasteiger partial charge in [-0.3, -0.25) is 4.79 Å². The molecular weight excluding hydrogens is 365 g/mol. The van der Waals surface area contributed by atoms with Crippen LogP contribution < -0.4 is 5.32 Å². The molecular formula is C17H17BrFNOS. The van der Waals surface area contributed by atoms with Crippen molar-refractivity contribution >= 4 is 33.6 Å². The molecule has 22 heavy (non-hydrogen) atoms. The smallest absolute Gasteiger partial charge is 0.230 e. The van der Waals surface area contributed by atoms with Gasteiger partial charge >= 0.3 is 0 Å². The molecule has 2 rings (SSSR count). The summed E-state index contributed by atoms with van der Waals surface area (Å²) >= 11 is 4.97. The first-order valence-corrected chi connectivity index (χ1v) is 8.86. The highest BCUT2D eigenvalue weighted by molar-refractivity contribution is 9.10. The second-order valence-corrected chi connectivity index (χ2v) is 6.86. The highest BCUT2D eigenvalue weighted by atomic mass is 79.9. The van der Waals surface area contributed by atoms with Crippen LogP contribution in [-0.2, 0) is 10.5 Å². The molecule has 0 radical (unpaired) electrons. The minimum absolute atomic E-state index is 0.0149. The highest BCUT2D eigenvalue weighted by Gasteiger charge is 2.09. The average molecular weight is 382 g/mol. The maximum Gasteiger partial charge on any atom is 0.230 e. The van der Waals surface area contributed by atoms with Crippen LogP contribution in [0.1, 0.15) is 24.1 Å². The van der Waals surface area contributed by atoms with Gasteiger partial charge in [-0.2, -0.15) is 0 Å². The first kappa shape index (κ1) is 17.0. The summed E-state index contributed by atoms with van der Waals surface area (Å²) in [5.74, 6) is 0.916. The van der Waals surface area contributed by atoms with Crippen molar-refractivity contribution in [3.05, 3.63) is 69.9 Å². The Kier molecular flexibility index (Phi) is 6.46. The third kappa shape index (κ3) is 5.46. The fraction of sp³-hybridized carbons (Fsp3) is 0.235. The molecule has 2 aromatic rings. The zero-order chi connectivity index (χ0) is 15.9. The zero-order valence-electron chi connectivity index (χ0n) is 12.2. The summed E-state index contributed by atoms with van der Waals surface area (Å²) in [5.41, 5.74) is 2.08. The van der Waals surface area contributed by atoms with Crippen molar-refractivity contribution in [2.75, 3.05) is 5.75 Å². The number of rotatable bonds is 6. The van der Waals surface area contributed by atoms with Crippen LogP contribution in [0.4, 0.5) is 4.39 Å². The van der Waals surface area contributed by atoms with Crippen LogP contribution in [0.2, 0.25) is 0 Å². The number of halogens is 2. The lowest BCUT2D eigenvalue weighted by atomic mass is 10.1. The molecule has 0 unspecified atom stereocenters. The quantitative estimate of drug-likeness (QED) is 0.785. The van der Waals surface area contributed by atoms with Gasteiger partial charge < -0.3 is 5.32 Å². The summed E-state index contributed by atoms with van der Waals surface area (Å²) in [6.45, 7) is 1.89. The monoisotopic (exact) mass is 381 g/mol. The van der Waals surface area contributed by atoms with Crippen LogP contribution in [0.15, 0.2) is 53.0 Å². The second-order valence-electron chi connectivity index (χ2n) is 4.96. The minimum atomic E-state index is -0.271. The summed E-state index contributed by atoms with van der Waals surface area (Å²) in [4.78, 5) is 11.9. The molecule has 2 nitrogen and oxygen atoms in total. The fourth-order valence-electron chi connectivity index (χ4n) is 1.96. The van der Waals surface area contributed by atoms with Gasteiger partial charge in [-0.05, 0) is 42.3 Å². The van der Waals surface area contributed by atoms with Gasteiger partial charge in [0, 0.05) is 10.2 Å². The number of carbonyl (C=O) groups excluding carboxylic acids is 1. The van der Waals surface area contributed by atoms with E-state index in [2.05, 4.69) is 21.2 Å². The Morgan fingerprint density at radius 2 is 1.82 bits per heavy atom. The van der Waals surface area contributed by atoms with E-state index in [1.807, 2.05) is 31.2 Å². The Morgan fingerprint density at radius 1 is 1.18 bits per heavy atom. The van der Waals surface area contributed by atoms with Crippen LogP contribution in [0.25, 0.3) is 0 Å². The van der Waals surface area contributed by atoms with Gasteiger partial charge in [0.15, 0.2) is 0 Å².